The summed E-state index contributed by atoms with van der Waals surface area (Å²) in [5, 5.41) is 23.5. The molecule has 2 unspecified atom stereocenters. The smallest absolute Gasteiger partial charge is 0.145 e. The van der Waals surface area contributed by atoms with E-state index in [1.165, 1.54) is 16.5 Å². The second-order valence-electron chi connectivity index (χ2n) is 11.1. The minimum Gasteiger partial charge on any atom is -0.386 e. The maximum absolute atomic E-state index is 11.3. The lowest BCUT2D eigenvalue weighted by Gasteiger charge is -2.58. The predicted molar refractivity (Wildman–Crippen MR) is 151 cm³/mol. The molecule has 38 heavy (non-hydrogen) atoms. The van der Waals surface area contributed by atoms with Crippen molar-refractivity contribution in [1.82, 2.24) is 9.88 Å². The van der Waals surface area contributed by atoms with Gasteiger partial charge >= 0.3 is 0 Å². The molecule has 2 N–H and O–H groups in total. The minimum atomic E-state index is -0.915. The number of hydrogen-bond acceptors (Lipinski definition) is 5. The number of rotatable bonds is 1. The van der Waals surface area contributed by atoms with Crippen LogP contribution in [0.4, 0.5) is 0 Å². The standard InChI is InChI=1S/C23H24BrNO3.C9H7N/c1-25-11-10-22-16-7-8-18(26)21(22)28-23(14-3-5-15(24)6-4-14)19(27)9-2-13(20(22)23)12-17(16)25;1-2-6-9-8(4-1)5-3-7-10-9/h2-9,16-19,21,26-27H,10-12H2,1H3;1-7H/t16-,17+,18-,19?,21-,22-,23?;/m0./s1. The molecule has 0 radical (unpaired) electrons. The number of likely N-dealkylation sites (tertiary alicyclic amines) is 1. The Kier molecular flexibility index (Phi) is 5.77. The number of fused-ring (bicyclic) bond motifs is 1. The first kappa shape index (κ1) is 24.4. The van der Waals surface area contributed by atoms with Crippen LogP contribution in [0.5, 0.6) is 0 Å². The third kappa shape index (κ3) is 3.34. The van der Waals surface area contributed by atoms with E-state index >= 15 is 0 Å². The molecular formula is C32H31BrN2O3. The SMILES string of the molecule is CN1CC[C@]23C4=C5C=CC(O)C4(c4ccc(Br)cc4)O[C@H]2[C@@H](O)C=C[C@H]3[C@H]1C5.c1ccc2ncccc2c1. The Morgan fingerprint density at radius 3 is 2.61 bits per heavy atom. The number of pyridine rings is 1. The molecule has 8 rings (SSSR count). The third-order valence-electron chi connectivity index (χ3n) is 9.37. The van der Waals surface area contributed by atoms with E-state index in [1.54, 1.807) is 0 Å². The zero-order chi connectivity index (χ0) is 26.1. The van der Waals surface area contributed by atoms with Crippen LogP contribution in [0.1, 0.15) is 18.4 Å². The van der Waals surface area contributed by atoms with Crippen LogP contribution in [-0.4, -0.2) is 58.0 Å². The van der Waals surface area contributed by atoms with E-state index in [0.717, 1.165) is 34.9 Å². The molecule has 3 heterocycles. The molecule has 2 bridgehead atoms. The third-order valence-corrected chi connectivity index (χ3v) is 9.90. The molecule has 2 fully saturated rings. The molecular weight excluding hydrogens is 540 g/mol. The number of halogens is 1. The van der Waals surface area contributed by atoms with Crippen LogP contribution in [0.3, 0.4) is 0 Å². The van der Waals surface area contributed by atoms with Gasteiger partial charge in [0, 0.05) is 33.4 Å². The van der Waals surface area contributed by atoms with Gasteiger partial charge in [-0.05, 0) is 67.4 Å². The van der Waals surface area contributed by atoms with Crippen molar-refractivity contribution in [1.29, 1.82) is 0 Å². The van der Waals surface area contributed by atoms with Gasteiger partial charge in [0.15, 0.2) is 0 Å². The summed E-state index contributed by atoms with van der Waals surface area (Å²) in [7, 11) is 2.20. The molecule has 3 aromatic rings. The summed E-state index contributed by atoms with van der Waals surface area (Å²) < 4.78 is 7.80. The fourth-order valence-electron chi connectivity index (χ4n) is 7.75. The van der Waals surface area contributed by atoms with Crippen molar-refractivity contribution in [3.63, 3.8) is 0 Å². The quantitative estimate of drug-likeness (QED) is 0.396. The number of benzene rings is 2. The Morgan fingerprint density at radius 1 is 1.00 bits per heavy atom. The predicted octanol–water partition coefficient (Wildman–Crippen LogP) is 5.15. The van der Waals surface area contributed by atoms with E-state index in [1.807, 2.05) is 66.9 Å². The molecule has 5 nitrogen and oxygen atoms in total. The Balaban J connectivity index is 0.000000203. The van der Waals surface area contributed by atoms with Gasteiger partial charge in [0.25, 0.3) is 0 Å². The summed E-state index contributed by atoms with van der Waals surface area (Å²) >= 11 is 3.52. The van der Waals surface area contributed by atoms with Gasteiger partial charge in [0.1, 0.15) is 11.7 Å². The summed E-state index contributed by atoms with van der Waals surface area (Å²) in [6.45, 7) is 0.981. The molecule has 7 atom stereocenters. The second kappa shape index (κ2) is 8.97. The zero-order valence-electron chi connectivity index (χ0n) is 21.2. The van der Waals surface area contributed by atoms with Crippen LogP contribution in [0, 0.1) is 11.3 Å². The van der Waals surface area contributed by atoms with Gasteiger partial charge in [-0.15, -0.1) is 0 Å². The highest BCUT2D eigenvalue weighted by Crippen LogP contribution is 2.69. The van der Waals surface area contributed by atoms with E-state index in [-0.39, 0.29) is 11.5 Å². The molecule has 2 aliphatic heterocycles. The molecule has 0 saturated carbocycles. The number of aliphatic hydroxyl groups is 2. The molecule has 6 heteroatoms. The van der Waals surface area contributed by atoms with Gasteiger partial charge in [-0.1, -0.05) is 76.6 Å². The molecule has 3 aliphatic carbocycles. The highest BCUT2D eigenvalue weighted by atomic mass is 79.9. The molecule has 1 spiro atoms. The second-order valence-corrected chi connectivity index (χ2v) is 12.0. The topological polar surface area (TPSA) is 65.8 Å². The lowest BCUT2D eigenvalue weighted by Crippen LogP contribution is -2.62. The number of aromatic nitrogens is 1. The average Bonchev–Trinajstić information content (AvgIpc) is 3.27. The molecule has 0 amide bonds. The summed E-state index contributed by atoms with van der Waals surface area (Å²) in [6, 6.07) is 20.6. The number of ether oxygens (including phenoxy) is 1. The van der Waals surface area contributed by atoms with Crippen LogP contribution in [0.15, 0.2) is 107 Å². The molecule has 1 aromatic heterocycles. The van der Waals surface area contributed by atoms with Crippen LogP contribution < -0.4 is 0 Å². The van der Waals surface area contributed by atoms with Crippen molar-refractivity contribution in [2.24, 2.45) is 11.3 Å². The van der Waals surface area contributed by atoms with Gasteiger partial charge in [-0.3, -0.25) is 4.98 Å². The lowest BCUT2D eigenvalue weighted by molar-refractivity contribution is -0.144. The normalized spacial score (nSPS) is 36.6. The van der Waals surface area contributed by atoms with Crippen molar-refractivity contribution >= 4 is 26.8 Å². The first-order valence-corrected chi connectivity index (χ1v) is 14.1. The molecule has 5 aliphatic rings. The number of allylic oxidation sites excluding steroid dienone is 1. The largest absolute Gasteiger partial charge is 0.386 e. The molecule has 194 valence electrons. The van der Waals surface area contributed by atoms with Crippen molar-refractivity contribution in [3.8, 4) is 0 Å². The fraction of sp³-hybridized carbons (Fsp3) is 0.344. The number of nitrogens with zero attached hydrogens (tertiary/aromatic N) is 2. The van der Waals surface area contributed by atoms with Gasteiger partial charge in [-0.25, -0.2) is 0 Å². The minimum absolute atomic E-state index is 0.252. The number of aliphatic hydroxyl groups excluding tert-OH is 2. The van der Waals surface area contributed by atoms with Crippen molar-refractivity contribution in [2.45, 2.75) is 42.8 Å². The van der Waals surface area contributed by atoms with Crippen molar-refractivity contribution in [3.05, 3.63) is 112 Å². The van der Waals surface area contributed by atoms with E-state index in [4.69, 9.17) is 4.74 Å². The maximum Gasteiger partial charge on any atom is 0.145 e. The maximum atomic E-state index is 11.3. The van der Waals surface area contributed by atoms with Gasteiger partial charge in [0.2, 0.25) is 0 Å². The van der Waals surface area contributed by atoms with E-state index in [9.17, 15) is 10.2 Å². The number of piperidine rings is 1. The first-order valence-electron chi connectivity index (χ1n) is 13.4. The highest BCUT2D eigenvalue weighted by Gasteiger charge is 2.71. The molecule has 2 aromatic carbocycles. The summed E-state index contributed by atoms with van der Waals surface area (Å²) in [6.07, 6.45) is 10.1. The zero-order valence-corrected chi connectivity index (χ0v) is 22.8. The lowest BCUT2D eigenvalue weighted by atomic mass is 9.50. The number of hydrogen-bond donors (Lipinski definition) is 2. The highest BCUT2D eigenvalue weighted by molar-refractivity contribution is 9.10. The van der Waals surface area contributed by atoms with Gasteiger partial charge in [0.05, 0.1) is 17.7 Å². The van der Waals surface area contributed by atoms with Crippen LogP contribution in [0.2, 0.25) is 0 Å². The van der Waals surface area contributed by atoms with Crippen LogP contribution in [0.25, 0.3) is 10.9 Å². The molecule has 2 saturated heterocycles. The van der Waals surface area contributed by atoms with E-state index < -0.39 is 17.8 Å². The van der Waals surface area contributed by atoms with Crippen LogP contribution >= 0.6 is 15.9 Å². The van der Waals surface area contributed by atoms with Crippen molar-refractivity contribution in [2.75, 3.05) is 13.6 Å². The fourth-order valence-corrected chi connectivity index (χ4v) is 8.02. The van der Waals surface area contributed by atoms with Crippen LogP contribution in [-0.2, 0) is 10.3 Å². The van der Waals surface area contributed by atoms with Gasteiger partial charge in [-0.2, -0.15) is 0 Å². The van der Waals surface area contributed by atoms with E-state index in [0.29, 0.717) is 12.0 Å². The van der Waals surface area contributed by atoms with Crippen molar-refractivity contribution < 1.29 is 14.9 Å². The Bertz CT molecular complexity index is 1420. The summed E-state index contributed by atoms with van der Waals surface area (Å²) in [4.78, 5) is 6.64. The summed E-state index contributed by atoms with van der Waals surface area (Å²) in [5.74, 6) is 0.300. The van der Waals surface area contributed by atoms with Gasteiger partial charge < -0.3 is 19.8 Å². The number of para-hydroxylation sites is 1. The summed E-state index contributed by atoms with van der Waals surface area (Å²) in [5.41, 5.74) is 3.36. The average molecular weight is 572 g/mol. The van der Waals surface area contributed by atoms with E-state index in [2.05, 4.69) is 57.1 Å². The Morgan fingerprint density at radius 2 is 1.79 bits per heavy atom. The Labute approximate surface area is 231 Å². The monoisotopic (exact) mass is 570 g/mol. The first-order chi connectivity index (χ1) is 18.4. The Hall–Kier alpha value is -2.61.